The van der Waals surface area contributed by atoms with Crippen LogP contribution in [0.2, 0.25) is 0 Å². The van der Waals surface area contributed by atoms with E-state index in [1.165, 1.54) is 16.0 Å². The number of ether oxygens (including phenoxy) is 1. The topological polar surface area (TPSA) is 59.4 Å². The van der Waals surface area contributed by atoms with Crippen LogP contribution < -0.4 is 4.74 Å². The van der Waals surface area contributed by atoms with Gasteiger partial charge < -0.3 is 9.84 Å². The van der Waals surface area contributed by atoms with Gasteiger partial charge in [0, 0.05) is 27.7 Å². The highest BCUT2D eigenvalue weighted by molar-refractivity contribution is 8.01. The van der Waals surface area contributed by atoms with Gasteiger partial charge in [0.25, 0.3) is 0 Å². The third-order valence-corrected chi connectivity index (χ3v) is 8.15. The highest BCUT2D eigenvalue weighted by atomic mass is 32.2. The maximum absolute atomic E-state index is 10.9. The summed E-state index contributed by atoms with van der Waals surface area (Å²) in [4.78, 5) is 17.2. The zero-order valence-corrected chi connectivity index (χ0v) is 19.6. The van der Waals surface area contributed by atoms with Crippen molar-refractivity contribution in [3.63, 3.8) is 0 Å². The van der Waals surface area contributed by atoms with Crippen molar-refractivity contribution < 1.29 is 14.6 Å². The molecule has 0 saturated heterocycles. The van der Waals surface area contributed by atoms with E-state index in [4.69, 9.17) is 14.8 Å². The minimum atomic E-state index is -0.970. The Labute approximate surface area is 201 Å². The highest BCUT2D eigenvalue weighted by Crippen LogP contribution is 2.43. The number of aromatic nitrogens is 1. The summed E-state index contributed by atoms with van der Waals surface area (Å²) in [7, 11) is 0. The van der Waals surface area contributed by atoms with Crippen LogP contribution in [0.15, 0.2) is 83.2 Å². The molecule has 0 atom stereocenters. The number of carboxylic acid groups (broad SMARTS) is 1. The minimum Gasteiger partial charge on any atom is -0.482 e. The Kier molecular flexibility index (Phi) is 6.46. The van der Waals surface area contributed by atoms with E-state index in [9.17, 15) is 4.79 Å². The number of rotatable bonds is 8. The molecule has 1 N–H and O–H groups in total. The lowest BCUT2D eigenvalue weighted by molar-refractivity contribution is -0.139. The van der Waals surface area contributed by atoms with Gasteiger partial charge in [0.15, 0.2) is 10.9 Å². The number of fused-ring (bicyclic) bond motifs is 3. The van der Waals surface area contributed by atoms with E-state index in [-0.39, 0.29) is 6.61 Å². The van der Waals surface area contributed by atoms with Gasteiger partial charge in [0.05, 0.1) is 5.69 Å². The van der Waals surface area contributed by atoms with Crippen LogP contribution in [0.4, 0.5) is 0 Å². The molecule has 4 aromatic rings. The number of carbonyl (C=O) groups is 1. The summed E-state index contributed by atoms with van der Waals surface area (Å²) >= 11 is 3.58. The molecule has 0 spiro atoms. The first kappa shape index (κ1) is 21.7. The lowest BCUT2D eigenvalue weighted by Gasteiger charge is -2.18. The summed E-state index contributed by atoms with van der Waals surface area (Å²) < 4.78 is 6.61. The molecule has 1 aliphatic rings. The third kappa shape index (κ3) is 4.82. The highest BCUT2D eigenvalue weighted by Gasteiger charge is 2.24. The number of benzene rings is 3. The van der Waals surface area contributed by atoms with Gasteiger partial charge in [0.1, 0.15) is 5.75 Å². The van der Waals surface area contributed by atoms with Crippen LogP contribution >= 0.6 is 23.1 Å². The van der Waals surface area contributed by atoms with Crippen molar-refractivity contribution in [3.05, 3.63) is 100 Å². The molecule has 0 fully saturated rings. The number of aryl methyl sites for hydroxylation is 1. The van der Waals surface area contributed by atoms with Crippen LogP contribution in [0.25, 0.3) is 11.3 Å². The molecule has 0 aliphatic heterocycles. The quantitative estimate of drug-likeness (QED) is 0.305. The summed E-state index contributed by atoms with van der Waals surface area (Å²) in [6.07, 6.45) is 1.73. The summed E-state index contributed by atoms with van der Waals surface area (Å²) in [5.41, 5.74) is 5.75. The Bertz CT molecular complexity index is 1220. The van der Waals surface area contributed by atoms with Crippen molar-refractivity contribution in [2.75, 3.05) is 12.4 Å². The van der Waals surface area contributed by atoms with Gasteiger partial charge in [-0.3, -0.25) is 0 Å². The van der Waals surface area contributed by atoms with E-state index >= 15 is 0 Å². The summed E-state index contributed by atoms with van der Waals surface area (Å²) in [5, 5.41) is 8.97. The number of hydrogen-bond acceptors (Lipinski definition) is 5. The lowest BCUT2D eigenvalue weighted by atomic mass is 9.93. The molecule has 33 heavy (non-hydrogen) atoms. The average Bonchev–Trinajstić information content (AvgIpc) is 3.28. The number of thiazole rings is 1. The van der Waals surface area contributed by atoms with Crippen LogP contribution in [0.3, 0.4) is 0 Å². The Balaban J connectivity index is 1.39. The van der Waals surface area contributed by atoms with E-state index in [0.717, 1.165) is 39.8 Å². The second-order valence-electron chi connectivity index (χ2n) is 7.90. The molecule has 1 aromatic heterocycles. The van der Waals surface area contributed by atoms with Crippen LogP contribution in [-0.2, 0) is 17.6 Å². The van der Waals surface area contributed by atoms with Gasteiger partial charge in [-0.05, 0) is 30.0 Å². The fraction of sp³-hybridized carbons (Fsp3) is 0.185. The Hall–Kier alpha value is -3.09. The van der Waals surface area contributed by atoms with Crippen molar-refractivity contribution >= 4 is 29.1 Å². The third-order valence-electron chi connectivity index (χ3n) is 5.80. The lowest BCUT2D eigenvalue weighted by Crippen LogP contribution is -2.12. The first-order valence-corrected chi connectivity index (χ1v) is 12.7. The van der Waals surface area contributed by atoms with Crippen molar-refractivity contribution in [1.82, 2.24) is 4.98 Å². The second kappa shape index (κ2) is 9.81. The number of carboxylic acids is 1. The van der Waals surface area contributed by atoms with E-state index < -0.39 is 5.97 Å². The number of thioether (sulfide) groups is 1. The molecule has 0 amide bonds. The van der Waals surface area contributed by atoms with Crippen LogP contribution in [0, 0.1) is 0 Å². The molecule has 6 heteroatoms. The Morgan fingerprint density at radius 1 is 0.970 bits per heavy atom. The molecule has 0 bridgehead atoms. The fourth-order valence-corrected chi connectivity index (χ4v) is 6.64. The van der Waals surface area contributed by atoms with Crippen LogP contribution in [-0.4, -0.2) is 28.4 Å². The molecule has 166 valence electrons. The monoisotopic (exact) mass is 473 g/mol. The molecule has 3 aromatic carbocycles. The molecule has 5 rings (SSSR count). The SMILES string of the molecule is O=C(O)COc1cccc2c1CCc1sc(SCC(c3ccccc3)c3ccccc3)nc1-2. The van der Waals surface area contributed by atoms with Crippen molar-refractivity contribution in [1.29, 1.82) is 0 Å². The van der Waals surface area contributed by atoms with Gasteiger partial charge in [-0.2, -0.15) is 0 Å². The van der Waals surface area contributed by atoms with Crippen LogP contribution in [0.5, 0.6) is 5.75 Å². The fourth-order valence-electron chi connectivity index (χ4n) is 4.24. The smallest absolute Gasteiger partial charge is 0.341 e. The first-order valence-electron chi connectivity index (χ1n) is 10.9. The molecule has 0 unspecified atom stereocenters. The van der Waals surface area contributed by atoms with Crippen molar-refractivity contribution in [2.45, 2.75) is 23.1 Å². The zero-order chi connectivity index (χ0) is 22.6. The minimum absolute atomic E-state index is 0.293. The Morgan fingerprint density at radius 3 is 2.33 bits per heavy atom. The number of nitrogens with zero attached hydrogens (tertiary/aromatic N) is 1. The van der Waals surface area contributed by atoms with Gasteiger partial charge in [-0.15, -0.1) is 11.3 Å². The molecule has 1 aliphatic carbocycles. The van der Waals surface area contributed by atoms with E-state index in [2.05, 4.69) is 66.7 Å². The van der Waals surface area contributed by atoms with Crippen LogP contribution in [0.1, 0.15) is 27.5 Å². The summed E-state index contributed by atoms with van der Waals surface area (Å²) in [5.74, 6) is 0.884. The normalized spacial score (nSPS) is 12.3. The Morgan fingerprint density at radius 2 is 1.67 bits per heavy atom. The molecule has 1 heterocycles. The van der Waals surface area contributed by atoms with Gasteiger partial charge in [-0.1, -0.05) is 84.6 Å². The molecule has 4 nitrogen and oxygen atoms in total. The average molecular weight is 474 g/mol. The maximum atomic E-state index is 10.9. The van der Waals surface area contributed by atoms with E-state index in [0.29, 0.717) is 11.7 Å². The van der Waals surface area contributed by atoms with Crippen molar-refractivity contribution in [2.24, 2.45) is 0 Å². The summed E-state index contributed by atoms with van der Waals surface area (Å²) in [6, 6.07) is 27.1. The first-order chi connectivity index (χ1) is 16.2. The molecule has 0 radical (unpaired) electrons. The van der Waals surface area contributed by atoms with Gasteiger partial charge in [0.2, 0.25) is 0 Å². The summed E-state index contributed by atoms with van der Waals surface area (Å²) in [6.45, 7) is -0.332. The predicted octanol–water partition coefficient (Wildman–Crippen LogP) is 6.30. The van der Waals surface area contributed by atoms with E-state index in [1.807, 2.05) is 12.1 Å². The molecule has 0 saturated carbocycles. The molecular formula is C27H23NO3S2. The van der Waals surface area contributed by atoms with Gasteiger partial charge in [-0.25, -0.2) is 9.78 Å². The largest absolute Gasteiger partial charge is 0.482 e. The van der Waals surface area contributed by atoms with Gasteiger partial charge >= 0.3 is 5.97 Å². The number of hydrogen-bond donors (Lipinski definition) is 1. The standard InChI is InChI=1S/C27H23NO3S2/c29-25(30)16-31-23-13-7-12-21-20(23)14-15-24-26(21)28-27(33-24)32-17-22(18-8-3-1-4-9-18)19-10-5-2-6-11-19/h1-13,22H,14-17H2,(H,29,30). The second-order valence-corrected chi connectivity index (χ2v) is 10.3. The zero-order valence-electron chi connectivity index (χ0n) is 17.9. The van der Waals surface area contributed by atoms with E-state index in [1.54, 1.807) is 23.1 Å². The van der Waals surface area contributed by atoms with Crippen molar-refractivity contribution in [3.8, 4) is 17.0 Å². The number of aliphatic carboxylic acids is 1. The predicted molar refractivity (Wildman–Crippen MR) is 134 cm³/mol. The maximum Gasteiger partial charge on any atom is 0.341 e. The molecular weight excluding hydrogens is 450 g/mol.